The number of benzene rings is 2. The smallest absolute Gasteiger partial charge is 0.408 e. The van der Waals surface area contributed by atoms with Crippen molar-refractivity contribution in [2.24, 2.45) is 5.92 Å². The number of alkyl carbamates (subject to hydrolysis) is 1. The van der Waals surface area contributed by atoms with E-state index in [2.05, 4.69) is 10.6 Å². The highest BCUT2D eigenvalue weighted by Crippen LogP contribution is 2.29. The fraction of sp³-hybridized carbons (Fsp3) is 0.500. The summed E-state index contributed by atoms with van der Waals surface area (Å²) >= 11 is 0. The fourth-order valence-corrected chi connectivity index (χ4v) is 4.38. The molecule has 2 aromatic carbocycles. The maximum atomic E-state index is 14.0. The Morgan fingerprint density at radius 2 is 1.54 bits per heavy atom. The minimum absolute atomic E-state index is 0.133. The molecule has 0 saturated carbocycles. The van der Waals surface area contributed by atoms with E-state index < -0.39 is 23.8 Å². The number of aryl methyl sites for hydroxylation is 2. The van der Waals surface area contributed by atoms with Gasteiger partial charge in [-0.2, -0.15) is 0 Å². The minimum Gasteiger partial charge on any atom is -0.444 e. The molecule has 2 atom stereocenters. The van der Waals surface area contributed by atoms with Gasteiger partial charge >= 0.3 is 6.09 Å². The SMILES string of the molecule is CCN(C(=O)C(CC(C)C)NC(=O)OC(C)(C)C)C(C(=O)NCc1ccccc1)c1c(C)cccc1C. The molecule has 0 aliphatic rings. The van der Waals surface area contributed by atoms with Crippen molar-refractivity contribution >= 4 is 17.9 Å². The van der Waals surface area contributed by atoms with Gasteiger partial charge in [-0.25, -0.2) is 4.79 Å². The normalized spacial score (nSPS) is 13.0. The lowest BCUT2D eigenvalue weighted by Crippen LogP contribution is -2.53. The predicted molar refractivity (Wildman–Crippen MR) is 147 cm³/mol. The summed E-state index contributed by atoms with van der Waals surface area (Å²) in [4.78, 5) is 42.0. The zero-order valence-corrected chi connectivity index (χ0v) is 23.6. The highest BCUT2D eigenvalue weighted by Gasteiger charge is 2.37. The summed E-state index contributed by atoms with van der Waals surface area (Å²) in [6, 6.07) is 13.8. The van der Waals surface area contributed by atoms with E-state index in [9.17, 15) is 14.4 Å². The van der Waals surface area contributed by atoms with Gasteiger partial charge in [0.2, 0.25) is 11.8 Å². The lowest BCUT2D eigenvalue weighted by Gasteiger charge is -2.35. The van der Waals surface area contributed by atoms with Crippen LogP contribution in [0.5, 0.6) is 0 Å². The quantitative estimate of drug-likeness (QED) is 0.446. The molecular formula is C30H43N3O4. The minimum atomic E-state index is -0.850. The van der Waals surface area contributed by atoms with E-state index in [1.54, 1.807) is 25.7 Å². The van der Waals surface area contributed by atoms with Crippen molar-refractivity contribution in [3.63, 3.8) is 0 Å². The van der Waals surface area contributed by atoms with E-state index >= 15 is 0 Å². The van der Waals surface area contributed by atoms with Crippen LogP contribution in [0.25, 0.3) is 0 Å². The molecular weight excluding hydrogens is 466 g/mol. The number of likely N-dealkylation sites (N-methyl/N-ethyl adjacent to an activating group) is 1. The first-order valence-electron chi connectivity index (χ1n) is 13.0. The Bertz CT molecular complexity index is 1040. The van der Waals surface area contributed by atoms with Gasteiger partial charge in [-0.05, 0) is 76.1 Å². The summed E-state index contributed by atoms with van der Waals surface area (Å²) in [5.41, 5.74) is 2.91. The molecule has 202 valence electrons. The highest BCUT2D eigenvalue weighted by molar-refractivity contribution is 5.92. The number of hydrogen-bond acceptors (Lipinski definition) is 4. The summed E-state index contributed by atoms with van der Waals surface area (Å²) in [6.07, 6.45) is -0.237. The summed E-state index contributed by atoms with van der Waals surface area (Å²) in [5.74, 6) is -0.449. The number of carbonyl (C=O) groups excluding carboxylic acids is 3. The Kier molecular flexibility index (Phi) is 10.7. The summed E-state index contributed by atoms with van der Waals surface area (Å²) in [7, 11) is 0. The zero-order chi connectivity index (χ0) is 27.8. The number of nitrogens with zero attached hydrogens (tertiary/aromatic N) is 1. The van der Waals surface area contributed by atoms with Gasteiger partial charge in [0.1, 0.15) is 17.7 Å². The molecule has 0 aliphatic heterocycles. The predicted octanol–water partition coefficient (Wildman–Crippen LogP) is 5.45. The second-order valence-electron chi connectivity index (χ2n) is 10.9. The van der Waals surface area contributed by atoms with E-state index in [0.29, 0.717) is 19.5 Å². The van der Waals surface area contributed by atoms with Gasteiger partial charge in [0.05, 0.1) is 0 Å². The van der Waals surface area contributed by atoms with Gasteiger partial charge in [0, 0.05) is 13.1 Å². The average Bonchev–Trinajstić information content (AvgIpc) is 2.80. The van der Waals surface area contributed by atoms with Gasteiger partial charge in [0.15, 0.2) is 0 Å². The van der Waals surface area contributed by atoms with Crippen molar-refractivity contribution in [3.8, 4) is 0 Å². The van der Waals surface area contributed by atoms with Crippen LogP contribution in [0.4, 0.5) is 4.79 Å². The first-order chi connectivity index (χ1) is 17.3. The van der Waals surface area contributed by atoms with Crippen LogP contribution in [0, 0.1) is 19.8 Å². The van der Waals surface area contributed by atoms with Crippen LogP contribution < -0.4 is 10.6 Å². The standard InChI is InChI=1S/C30H43N3O4/c1-9-33(28(35)24(18-20(2)3)32-29(36)37-30(6,7)8)26(25-21(4)14-13-15-22(25)5)27(34)31-19-23-16-11-10-12-17-23/h10-17,20,24,26H,9,18-19H2,1-8H3,(H,31,34)(H,32,36). The summed E-state index contributed by atoms with van der Waals surface area (Å²) < 4.78 is 5.43. The van der Waals surface area contributed by atoms with E-state index in [1.807, 2.05) is 83.1 Å². The first kappa shape index (κ1) is 29.9. The molecule has 37 heavy (non-hydrogen) atoms. The number of ether oxygens (including phenoxy) is 1. The maximum Gasteiger partial charge on any atom is 0.408 e. The molecule has 3 amide bonds. The van der Waals surface area contributed by atoms with Crippen LogP contribution in [0.15, 0.2) is 48.5 Å². The topological polar surface area (TPSA) is 87.7 Å². The molecule has 0 fully saturated rings. The molecule has 7 heteroatoms. The zero-order valence-electron chi connectivity index (χ0n) is 23.6. The molecule has 0 aromatic heterocycles. The molecule has 2 aromatic rings. The molecule has 0 spiro atoms. The Morgan fingerprint density at radius 1 is 0.946 bits per heavy atom. The lowest BCUT2D eigenvalue weighted by molar-refractivity contribution is -0.142. The molecule has 0 heterocycles. The Labute approximate surface area is 222 Å². The average molecular weight is 510 g/mol. The van der Waals surface area contributed by atoms with Crippen molar-refractivity contribution in [1.29, 1.82) is 0 Å². The number of amides is 3. The number of hydrogen-bond donors (Lipinski definition) is 2. The maximum absolute atomic E-state index is 14.0. The largest absolute Gasteiger partial charge is 0.444 e. The lowest BCUT2D eigenvalue weighted by atomic mass is 9.93. The Morgan fingerprint density at radius 3 is 2.05 bits per heavy atom. The molecule has 0 radical (unpaired) electrons. The van der Waals surface area contributed by atoms with Gasteiger partial charge in [0.25, 0.3) is 0 Å². The van der Waals surface area contributed by atoms with Crippen molar-refractivity contribution < 1.29 is 19.1 Å². The third-order valence-corrected chi connectivity index (χ3v) is 6.01. The molecule has 0 saturated heterocycles. The van der Waals surface area contributed by atoms with Crippen LogP contribution in [0.1, 0.15) is 76.3 Å². The Hall–Kier alpha value is -3.35. The first-order valence-corrected chi connectivity index (χ1v) is 13.0. The monoisotopic (exact) mass is 509 g/mol. The van der Waals surface area contributed by atoms with Crippen LogP contribution in [-0.2, 0) is 20.9 Å². The second kappa shape index (κ2) is 13.3. The van der Waals surface area contributed by atoms with E-state index in [0.717, 1.165) is 22.3 Å². The van der Waals surface area contributed by atoms with Gasteiger partial charge in [-0.3, -0.25) is 9.59 Å². The Balaban J connectivity index is 2.45. The van der Waals surface area contributed by atoms with Gasteiger partial charge in [-0.15, -0.1) is 0 Å². The van der Waals surface area contributed by atoms with Gasteiger partial charge < -0.3 is 20.3 Å². The second-order valence-corrected chi connectivity index (χ2v) is 10.9. The summed E-state index contributed by atoms with van der Waals surface area (Å²) in [5, 5.41) is 5.80. The number of rotatable bonds is 10. The molecule has 2 N–H and O–H groups in total. The van der Waals surface area contributed by atoms with E-state index in [-0.39, 0.29) is 17.7 Å². The fourth-order valence-electron chi connectivity index (χ4n) is 4.38. The van der Waals surface area contributed by atoms with Crippen molar-refractivity contribution in [2.75, 3.05) is 6.54 Å². The van der Waals surface area contributed by atoms with E-state index in [4.69, 9.17) is 4.74 Å². The number of nitrogens with one attached hydrogen (secondary N) is 2. The molecule has 2 rings (SSSR count). The van der Waals surface area contributed by atoms with Crippen LogP contribution in [0.2, 0.25) is 0 Å². The molecule has 2 unspecified atom stereocenters. The molecule has 0 bridgehead atoms. The number of carbonyl (C=O) groups is 3. The molecule has 7 nitrogen and oxygen atoms in total. The van der Waals surface area contributed by atoms with Crippen LogP contribution in [-0.4, -0.2) is 41.0 Å². The van der Waals surface area contributed by atoms with Gasteiger partial charge in [-0.1, -0.05) is 62.4 Å². The molecule has 0 aliphatic carbocycles. The van der Waals surface area contributed by atoms with Crippen molar-refractivity contribution in [3.05, 3.63) is 70.8 Å². The van der Waals surface area contributed by atoms with Crippen LogP contribution >= 0.6 is 0 Å². The highest BCUT2D eigenvalue weighted by atomic mass is 16.6. The third kappa shape index (κ3) is 8.92. The van der Waals surface area contributed by atoms with Crippen LogP contribution in [0.3, 0.4) is 0 Å². The van der Waals surface area contributed by atoms with E-state index in [1.165, 1.54) is 0 Å². The van der Waals surface area contributed by atoms with Crippen molar-refractivity contribution in [1.82, 2.24) is 15.5 Å². The van der Waals surface area contributed by atoms with Crippen molar-refractivity contribution in [2.45, 2.75) is 86.0 Å². The summed E-state index contributed by atoms with van der Waals surface area (Å²) in [6.45, 7) is 15.7. The third-order valence-electron chi connectivity index (χ3n) is 6.01.